The van der Waals surface area contributed by atoms with Crippen LogP contribution in [0.4, 0.5) is 11.6 Å². The summed E-state index contributed by atoms with van der Waals surface area (Å²) in [6.07, 6.45) is 1.68. The smallest absolute Gasteiger partial charge is 0.228 e. The molecule has 0 saturated carbocycles. The average molecular weight is 264 g/mol. The highest BCUT2D eigenvalue weighted by Crippen LogP contribution is 2.14. The number of anilines is 2. The molecule has 0 unspecified atom stereocenters. The van der Waals surface area contributed by atoms with Gasteiger partial charge in [0.05, 0.1) is 0 Å². The van der Waals surface area contributed by atoms with Crippen LogP contribution in [0, 0.1) is 5.92 Å². The van der Waals surface area contributed by atoms with Gasteiger partial charge in [-0.25, -0.2) is 0 Å². The molecule has 0 bridgehead atoms. The summed E-state index contributed by atoms with van der Waals surface area (Å²) in [6.45, 7) is 9.98. The molecule has 0 fully saturated rings. The largest absolute Gasteiger partial charge is 0.356 e. The lowest BCUT2D eigenvalue weighted by atomic mass is 10.0. The van der Waals surface area contributed by atoms with E-state index in [0.29, 0.717) is 5.82 Å². The molecule has 0 aliphatic heterocycles. The molecule has 0 radical (unpaired) electrons. The van der Waals surface area contributed by atoms with Crippen molar-refractivity contribution in [2.24, 2.45) is 5.92 Å². The normalized spacial score (nSPS) is 10.6. The highest BCUT2D eigenvalue weighted by molar-refractivity contribution is 5.91. The highest BCUT2D eigenvalue weighted by Gasteiger charge is 2.15. The maximum atomic E-state index is 11.9. The van der Waals surface area contributed by atoms with E-state index in [4.69, 9.17) is 0 Å². The van der Waals surface area contributed by atoms with Crippen LogP contribution in [0.15, 0.2) is 12.1 Å². The summed E-state index contributed by atoms with van der Waals surface area (Å²) >= 11 is 0. The molecule has 0 saturated heterocycles. The first-order valence-electron chi connectivity index (χ1n) is 7.05. The third-order valence-electron chi connectivity index (χ3n) is 3.35. The fourth-order valence-corrected chi connectivity index (χ4v) is 2.00. The van der Waals surface area contributed by atoms with Gasteiger partial charge in [0, 0.05) is 19.0 Å². The second-order valence-electron chi connectivity index (χ2n) is 4.45. The van der Waals surface area contributed by atoms with Gasteiger partial charge in [-0.1, -0.05) is 13.8 Å². The zero-order valence-corrected chi connectivity index (χ0v) is 12.3. The third-order valence-corrected chi connectivity index (χ3v) is 3.35. The number of nitrogens with zero attached hydrogens (tertiary/aromatic N) is 3. The molecule has 1 amide bonds. The maximum absolute atomic E-state index is 11.9. The van der Waals surface area contributed by atoms with Crippen LogP contribution in [0.5, 0.6) is 0 Å². The zero-order chi connectivity index (χ0) is 14.3. The molecule has 1 heterocycles. The van der Waals surface area contributed by atoms with Gasteiger partial charge in [0.1, 0.15) is 0 Å². The van der Waals surface area contributed by atoms with Gasteiger partial charge in [0.25, 0.3) is 0 Å². The summed E-state index contributed by atoms with van der Waals surface area (Å²) in [5.41, 5.74) is 0. The second kappa shape index (κ2) is 7.71. The third kappa shape index (κ3) is 4.19. The Morgan fingerprint density at radius 1 is 1.16 bits per heavy atom. The predicted octanol–water partition coefficient (Wildman–Crippen LogP) is 2.70. The molecule has 0 aromatic carbocycles. The fourth-order valence-electron chi connectivity index (χ4n) is 2.00. The van der Waals surface area contributed by atoms with Crippen molar-refractivity contribution in [1.82, 2.24) is 10.2 Å². The minimum atomic E-state index is 0.0230. The molecule has 0 spiro atoms. The predicted molar refractivity (Wildman–Crippen MR) is 78.3 cm³/mol. The van der Waals surface area contributed by atoms with Crippen molar-refractivity contribution in [3.05, 3.63) is 12.1 Å². The summed E-state index contributed by atoms with van der Waals surface area (Å²) in [4.78, 5) is 14.0. The van der Waals surface area contributed by atoms with Crippen LogP contribution in [0.2, 0.25) is 0 Å². The number of rotatable bonds is 7. The van der Waals surface area contributed by atoms with Gasteiger partial charge in [-0.2, -0.15) is 0 Å². The Kier molecular flexibility index (Phi) is 6.25. The van der Waals surface area contributed by atoms with Crippen LogP contribution in [0.25, 0.3) is 0 Å². The van der Waals surface area contributed by atoms with E-state index >= 15 is 0 Å². The molecule has 19 heavy (non-hydrogen) atoms. The van der Waals surface area contributed by atoms with Crippen LogP contribution in [-0.4, -0.2) is 29.2 Å². The minimum absolute atomic E-state index is 0.0230. The monoisotopic (exact) mass is 264 g/mol. The summed E-state index contributed by atoms with van der Waals surface area (Å²) < 4.78 is 0. The molecule has 1 aromatic rings. The molecule has 0 atom stereocenters. The first kappa shape index (κ1) is 15.4. The van der Waals surface area contributed by atoms with E-state index in [2.05, 4.69) is 34.3 Å². The lowest BCUT2D eigenvalue weighted by Crippen LogP contribution is -2.24. The summed E-state index contributed by atoms with van der Waals surface area (Å²) in [7, 11) is 0. The van der Waals surface area contributed by atoms with E-state index in [1.54, 1.807) is 6.07 Å². The van der Waals surface area contributed by atoms with Crippen LogP contribution in [0.3, 0.4) is 0 Å². The molecule has 0 aliphatic carbocycles. The number of amides is 1. The van der Waals surface area contributed by atoms with E-state index in [1.165, 1.54) is 0 Å². The Morgan fingerprint density at radius 3 is 2.21 bits per heavy atom. The van der Waals surface area contributed by atoms with E-state index in [9.17, 15) is 4.79 Å². The summed E-state index contributed by atoms with van der Waals surface area (Å²) in [6, 6.07) is 3.70. The molecular weight excluding hydrogens is 240 g/mol. The standard InChI is InChI=1S/C14H24N4O/c1-5-11(6-2)14(19)15-12-9-10-13(17-16-12)18(7-3)8-4/h9-11H,5-8H2,1-4H3,(H,15,16,19). The molecule has 1 N–H and O–H groups in total. The van der Waals surface area contributed by atoms with Gasteiger partial charge >= 0.3 is 0 Å². The van der Waals surface area contributed by atoms with Gasteiger partial charge < -0.3 is 10.2 Å². The maximum Gasteiger partial charge on any atom is 0.228 e. The number of carbonyl (C=O) groups excluding carboxylic acids is 1. The van der Waals surface area contributed by atoms with E-state index in [1.807, 2.05) is 19.9 Å². The van der Waals surface area contributed by atoms with Crippen molar-refractivity contribution < 1.29 is 4.79 Å². The molecule has 1 rings (SSSR count). The lowest BCUT2D eigenvalue weighted by molar-refractivity contribution is -0.120. The number of hydrogen-bond donors (Lipinski definition) is 1. The van der Waals surface area contributed by atoms with Crippen molar-refractivity contribution >= 4 is 17.5 Å². The first-order chi connectivity index (χ1) is 9.15. The lowest BCUT2D eigenvalue weighted by Gasteiger charge is -2.19. The van der Waals surface area contributed by atoms with E-state index < -0.39 is 0 Å². The van der Waals surface area contributed by atoms with Crippen molar-refractivity contribution in [2.45, 2.75) is 40.5 Å². The number of nitrogens with one attached hydrogen (secondary N) is 1. The van der Waals surface area contributed by atoms with Crippen molar-refractivity contribution in [3.63, 3.8) is 0 Å². The van der Waals surface area contributed by atoms with Gasteiger partial charge in [-0.15, -0.1) is 10.2 Å². The van der Waals surface area contributed by atoms with Crippen molar-refractivity contribution in [3.8, 4) is 0 Å². The molecule has 5 nitrogen and oxygen atoms in total. The van der Waals surface area contributed by atoms with Gasteiger partial charge in [0.2, 0.25) is 5.91 Å². The summed E-state index contributed by atoms with van der Waals surface area (Å²) in [5.74, 6) is 1.43. The Hall–Kier alpha value is -1.65. The van der Waals surface area contributed by atoms with Gasteiger partial charge in [0.15, 0.2) is 11.6 Å². The first-order valence-corrected chi connectivity index (χ1v) is 7.05. The number of carbonyl (C=O) groups is 1. The van der Waals surface area contributed by atoms with E-state index in [-0.39, 0.29) is 11.8 Å². The molecule has 1 aromatic heterocycles. The Bertz CT molecular complexity index is 383. The number of aromatic nitrogens is 2. The minimum Gasteiger partial charge on any atom is -0.356 e. The van der Waals surface area contributed by atoms with Crippen LogP contribution in [-0.2, 0) is 4.79 Å². The quantitative estimate of drug-likeness (QED) is 0.822. The van der Waals surface area contributed by atoms with Gasteiger partial charge in [-0.05, 0) is 38.8 Å². The highest BCUT2D eigenvalue weighted by atomic mass is 16.1. The Labute approximate surface area is 115 Å². The van der Waals surface area contributed by atoms with Crippen LogP contribution < -0.4 is 10.2 Å². The average Bonchev–Trinajstić information content (AvgIpc) is 2.43. The van der Waals surface area contributed by atoms with Crippen LogP contribution >= 0.6 is 0 Å². The SMILES string of the molecule is CCC(CC)C(=O)Nc1ccc(N(CC)CC)nn1. The molecule has 0 aliphatic rings. The molecule has 5 heteroatoms. The topological polar surface area (TPSA) is 58.1 Å². The zero-order valence-electron chi connectivity index (χ0n) is 12.3. The van der Waals surface area contributed by atoms with Crippen molar-refractivity contribution in [1.29, 1.82) is 0 Å². The Morgan fingerprint density at radius 2 is 1.79 bits per heavy atom. The number of hydrogen-bond acceptors (Lipinski definition) is 4. The Balaban J connectivity index is 2.69. The molecular formula is C14H24N4O. The van der Waals surface area contributed by atoms with E-state index in [0.717, 1.165) is 31.7 Å². The van der Waals surface area contributed by atoms with Crippen LogP contribution in [0.1, 0.15) is 40.5 Å². The summed E-state index contributed by atoms with van der Waals surface area (Å²) in [5, 5.41) is 11.0. The molecule has 106 valence electrons. The van der Waals surface area contributed by atoms with Gasteiger partial charge in [-0.3, -0.25) is 4.79 Å². The van der Waals surface area contributed by atoms with Crippen molar-refractivity contribution in [2.75, 3.05) is 23.3 Å². The fraction of sp³-hybridized carbons (Fsp3) is 0.643. The second-order valence-corrected chi connectivity index (χ2v) is 4.45.